The Morgan fingerprint density at radius 3 is 2.24 bits per heavy atom. The number of halogens is 1. The van der Waals surface area contributed by atoms with Crippen LogP contribution in [0.5, 0.6) is 0 Å². The summed E-state index contributed by atoms with van der Waals surface area (Å²) in [6.07, 6.45) is 0. The number of anilines is 2. The number of nitrogens with two attached hydrogens (primary N) is 1. The molecule has 1 aromatic heterocycles. The van der Waals surface area contributed by atoms with E-state index in [4.69, 9.17) is 5.84 Å². The quantitative estimate of drug-likeness (QED) is 0.270. The highest BCUT2D eigenvalue weighted by Gasteiger charge is 2.17. The fraction of sp³-hybridized carbons (Fsp3) is 0.0741. The topological polar surface area (TPSA) is 74.2 Å². The lowest BCUT2D eigenvalue weighted by Crippen LogP contribution is -2.31. The van der Waals surface area contributed by atoms with E-state index in [1.807, 2.05) is 60.7 Å². The first kappa shape index (κ1) is 22.2. The van der Waals surface area contributed by atoms with Crippen LogP contribution in [0.3, 0.4) is 0 Å². The third kappa shape index (κ3) is 5.26. The van der Waals surface area contributed by atoms with Gasteiger partial charge in [0.25, 0.3) is 5.56 Å². The molecule has 0 unspecified atom stereocenters. The SMILES string of the molecule is C=C(c1ccc(F)cc1)c1cc(CNCc2ccccc2)c(=O)[nH]c1N(N)c1ccccc1. The minimum Gasteiger partial charge on any atom is -0.308 e. The molecule has 5 nitrogen and oxygen atoms in total. The van der Waals surface area contributed by atoms with Crippen LogP contribution in [0.2, 0.25) is 0 Å². The first-order valence-corrected chi connectivity index (χ1v) is 10.6. The number of pyridine rings is 1. The number of H-pyrrole nitrogens is 1. The molecule has 0 saturated heterocycles. The fourth-order valence-corrected chi connectivity index (χ4v) is 3.58. The second-order valence-corrected chi connectivity index (χ2v) is 7.67. The smallest absolute Gasteiger partial charge is 0.254 e. The first-order chi connectivity index (χ1) is 16.0. The summed E-state index contributed by atoms with van der Waals surface area (Å²) in [5.41, 5.74) is 4.15. The predicted octanol–water partition coefficient (Wildman–Crippen LogP) is 4.88. The summed E-state index contributed by atoms with van der Waals surface area (Å²) in [7, 11) is 0. The van der Waals surface area contributed by atoms with E-state index in [-0.39, 0.29) is 11.4 Å². The molecule has 0 aliphatic rings. The average molecular weight is 441 g/mol. The zero-order chi connectivity index (χ0) is 23.2. The second kappa shape index (κ2) is 10.1. The molecule has 4 rings (SSSR count). The Morgan fingerprint density at radius 1 is 0.939 bits per heavy atom. The molecule has 0 radical (unpaired) electrons. The summed E-state index contributed by atoms with van der Waals surface area (Å²) >= 11 is 0. The monoisotopic (exact) mass is 440 g/mol. The number of hydrogen-bond donors (Lipinski definition) is 3. The van der Waals surface area contributed by atoms with E-state index in [1.165, 1.54) is 17.1 Å². The molecule has 3 aromatic carbocycles. The largest absolute Gasteiger partial charge is 0.308 e. The summed E-state index contributed by atoms with van der Waals surface area (Å²) in [6, 6.07) is 27.1. The lowest BCUT2D eigenvalue weighted by atomic mass is 9.98. The number of nitrogens with one attached hydrogen (secondary N) is 2. The van der Waals surface area contributed by atoms with Crippen LogP contribution < -0.4 is 21.7 Å². The van der Waals surface area contributed by atoms with Crippen molar-refractivity contribution in [3.05, 3.63) is 136 Å². The Labute approximate surface area is 192 Å². The molecule has 4 N–H and O–H groups in total. The van der Waals surface area contributed by atoms with Crippen molar-refractivity contribution in [1.29, 1.82) is 0 Å². The van der Waals surface area contributed by atoms with Gasteiger partial charge in [-0.25, -0.2) is 10.2 Å². The predicted molar refractivity (Wildman–Crippen MR) is 131 cm³/mol. The van der Waals surface area contributed by atoms with Crippen molar-refractivity contribution < 1.29 is 4.39 Å². The highest BCUT2D eigenvalue weighted by molar-refractivity contribution is 5.85. The van der Waals surface area contributed by atoms with Gasteiger partial charge in [-0.2, -0.15) is 0 Å². The van der Waals surface area contributed by atoms with Gasteiger partial charge in [0.05, 0.1) is 5.69 Å². The van der Waals surface area contributed by atoms with Gasteiger partial charge >= 0.3 is 0 Å². The van der Waals surface area contributed by atoms with Gasteiger partial charge in [0, 0.05) is 24.2 Å². The van der Waals surface area contributed by atoms with Gasteiger partial charge in [-0.3, -0.25) is 9.80 Å². The average Bonchev–Trinajstić information content (AvgIpc) is 2.85. The summed E-state index contributed by atoms with van der Waals surface area (Å²) < 4.78 is 13.5. The van der Waals surface area contributed by atoms with Gasteiger partial charge in [-0.15, -0.1) is 0 Å². The third-order valence-electron chi connectivity index (χ3n) is 5.38. The summed E-state index contributed by atoms with van der Waals surface area (Å²) in [5, 5.41) is 4.73. The molecule has 0 amide bonds. The minimum absolute atomic E-state index is 0.243. The van der Waals surface area contributed by atoms with E-state index in [1.54, 1.807) is 18.2 Å². The lowest BCUT2D eigenvalue weighted by Gasteiger charge is -2.23. The second-order valence-electron chi connectivity index (χ2n) is 7.67. The highest BCUT2D eigenvalue weighted by Crippen LogP contribution is 2.31. The van der Waals surface area contributed by atoms with Crippen molar-refractivity contribution in [2.75, 3.05) is 5.01 Å². The lowest BCUT2D eigenvalue weighted by molar-refractivity contribution is 0.627. The molecule has 0 aliphatic heterocycles. The van der Waals surface area contributed by atoms with Gasteiger partial charge in [0.2, 0.25) is 0 Å². The fourth-order valence-electron chi connectivity index (χ4n) is 3.58. The van der Waals surface area contributed by atoms with Crippen molar-refractivity contribution in [3.8, 4) is 0 Å². The van der Waals surface area contributed by atoms with E-state index in [0.29, 0.717) is 41.3 Å². The number of hydrogen-bond acceptors (Lipinski definition) is 4. The van der Waals surface area contributed by atoms with Crippen molar-refractivity contribution in [2.24, 2.45) is 5.84 Å². The van der Waals surface area contributed by atoms with Crippen LogP contribution in [-0.2, 0) is 13.1 Å². The van der Waals surface area contributed by atoms with Crippen LogP contribution in [0, 0.1) is 5.82 Å². The molecule has 33 heavy (non-hydrogen) atoms. The summed E-state index contributed by atoms with van der Waals surface area (Å²) in [5.74, 6) is 6.48. The number of aromatic amines is 1. The molecule has 1 heterocycles. The molecule has 0 fully saturated rings. The van der Waals surface area contributed by atoms with Crippen LogP contribution in [0.4, 0.5) is 15.9 Å². The Balaban J connectivity index is 1.69. The standard InChI is InChI=1S/C27H25FN4O/c1-19(21-12-14-23(28)15-13-21)25-16-22(18-30-17-20-8-4-2-5-9-20)27(33)31-26(25)32(29)24-10-6-3-7-11-24/h2-16,30H,1,17-18,29H2,(H,31,33). The minimum atomic E-state index is -0.330. The molecular weight excluding hydrogens is 415 g/mol. The summed E-state index contributed by atoms with van der Waals surface area (Å²) in [4.78, 5) is 15.8. The van der Waals surface area contributed by atoms with Crippen molar-refractivity contribution >= 4 is 17.1 Å². The normalized spacial score (nSPS) is 10.7. The molecule has 0 aliphatic carbocycles. The maximum atomic E-state index is 13.5. The van der Waals surface area contributed by atoms with Gasteiger partial charge < -0.3 is 10.3 Å². The number of hydrazine groups is 1. The molecule has 0 bridgehead atoms. The zero-order valence-corrected chi connectivity index (χ0v) is 18.1. The van der Waals surface area contributed by atoms with Crippen LogP contribution in [-0.4, -0.2) is 4.98 Å². The number of rotatable bonds is 8. The maximum absolute atomic E-state index is 13.5. The van der Waals surface area contributed by atoms with Crippen LogP contribution >= 0.6 is 0 Å². The van der Waals surface area contributed by atoms with E-state index >= 15 is 0 Å². The van der Waals surface area contributed by atoms with E-state index < -0.39 is 0 Å². The van der Waals surface area contributed by atoms with Crippen molar-refractivity contribution in [3.63, 3.8) is 0 Å². The molecule has 0 saturated carbocycles. The van der Waals surface area contributed by atoms with Crippen LogP contribution in [0.1, 0.15) is 22.3 Å². The molecule has 0 atom stereocenters. The molecule has 4 aromatic rings. The molecule has 166 valence electrons. The molecular formula is C27H25FN4O. The number of para-hydroxylation sites is 1. The number of benzene rings is 3. The summed E-state index contributed by atoms with van der Waals surface area (Å²) in [6.45, 7) is 5.21. The van der Waals surface area contributed by atoms with Crippen LogP contribution in [0.15, 0.2) is 102 Å². The van der Waals surface area contributed by atoms with Crippen molar-refractivity contribution in [2.45, 2.75) is 13.1 Å². The van der Waals surface area contributed by atoms with Crippen LogP contribution in [0.25, 0.3) is 5.57 Å². The zero-order valence-electron chi connectivity index (χ0n) is 18.1. The Bertz CT molecular complexity index is 1290. The Morgan fingerprint density at radius 2 is 1.58 bits per heavy atom. The van der Waals surface area contributed by atoms with Gasteiger partial charge in [0.1, 0.15) is 11.6 Å². The third-order valence-corrected chi connectivity index (χ3v) is 5.38. The highest BCUT2D eigenvalue weighted by atomic mass is 19.1. The van der Waals surface area contributed by atoms with Gasteiger partial charge in [0.15, 0.2) is 0 Å². The number of nitrogens with zero attached hydrogens (tertiary/aromatic N) is 1. The van der Waals surface area contributed by atoms with E-state index in [0.717, 1.165) is 11.1 Å². The maximum Gasteiger partial charge on any atom is 0.254 e. The van der Waals surface area contributed by atoms with Gasteiger partial charge in [-0.1, -0.05) is 67.2 Å². The Kier molecular flexibility index (Phi) is 6.78. The Hall–Kier alpha value is -4.00. The molecule has 0 spiro atoms. The van der Waals surface area contributed by atoms with E-state index in [2.05, 4.69) is 16.9 Å². The van der Waals surface area contributed by atoms with E-state index in [9.17, 15) is 9.18 Å². The van der Waals surface area contributed by atoms with Gasteiger partial charge in [-0.05, 0) is 47.0 Å². The van der Waals surface area contributed by atoms with Crippen molar-refractivity contribution in [1.82, 2.24) is 10.3 Å². The molecule has 6 heteroatoms. The number of aromatic nitrogens is 1. The first-order valence-electron chi connectivity index (χ1n) is 10.6.